The first kappa shape index (κ1) is 10.1. The number of benzene rings is 1. The van der Waals surface area contributed by atoms with Gasteiger partial charge >= 0.3 is 5.97 Å². The fraction of sp³-hybridized carbons (Fsp3) is 0.300. The maximum absolute atomic E-state index is 10.8. The minimum Gasteiger partial charge on any atom is -0.457 e. The number of carbonyl (C=O) groups excluding carboxylic acids is 1. The van der Waals surface area contributed by atoms with Gasteiger partial charge in [0.1, 0.15) is 12.0 Å². The van der Waals surface area contributed by atoms with E-state index in [4.69, 9.17) is 16.3 Å². The van der Waals surface area contributed by atoms with Crippen molar-refractivity contribution in [2.45, 2.75) is 13.0 Å². The molecule has 0 bridgehead atoms. The second-order valence-corrected chi connectivity index (χ2v) is 2.94. The Labute approximate surface area is 82.5 Å². The van der Waals surface area contributed by atoms with Gasteiger partial charge in [0, 0.05) is 0 Å². The number of hydrogen-bond donors (Lipinski definition) is 0. The molecule has 0 heterocycles. The summed E-state index contributed by atoms with van der Waals surface area (Å²) in [5.41, 5.74) is 0.973. The molecule has 0 aliphatic heterocycles. The van der Waals surface area contributed by atoms with Gasteiger partial charge in [0.25, 0.3) is 0 Å². The lowest BCUT2D eigenvalue weighted by molar-refractivity contribution is -0.145. The van der Waals surface area contributed by atoms with Crippen molar-refractivity contribution in [3.05, 3.63) is 35.9 Å². The Morgan fingerprint density at radius 2 is 2.08 bits per heavy atom. The predicted octanol–water partition coefficient (Wildman–Crippen LogP) is 2.53. The van der Waals surface area contributed by atoms with Gasteiger partial charge < -0.3 is 4.74 Å². The van der Waals surface area contributed by atoms with Gasteiger partial charge in [-0.3, -0.25) is 4.79 Å². The molecule has 2 nitrogen and oxygen atoms in total. The quantitative estimate of drug-likeness (QED) is 0.551. The van der Waals surface area contributed by atoms with Crippen molar-refractivity contribution in [2.75, 3.05) is 5.88 Å². The normalized spacial score (nSPS) is 12.2. The van der Waals surface area contributed by atoms with Crippen molar-refractivity contribution >= 4 is 17.6 Å². The van der Waals surface area contributed by atoms with Gasteiger partial charge in [-0.1, -0.05) is 30.3 Å². The zero-order chi connectivity index (χ0) is 9.68. The zero-order valence-electron chi connectivity index (χ0n) is 7.37. The average Bonchev–Trinajstić information content (AvgIpc) is 2.19. The minimum absolute atomic E-state index is 0.100. The van der Waals surface area contributed by atoms with Gasteiger partial charge in [-0.2, -0.15) is 0 Å². The summed E-state index contributed by atoms with van der Waals surface area (Å²) < 4.78 is 5.01. The Morgan fingerprint density at radius 3 is 2.62 bits per heavy atom. The molecule has 13 heavy (non-hydrogen) atoms. The molecule has 70 valence electrons. The van der Waals surface area contributed by atoms with E-state index < -0.39 is 5.97 Å². The summed E-state index contributed by atoms with van der Waals surface area (Å²) in [4.78, 5) is 10.8. The van der Waals surface area contributed by atoms with Crippen LogP contribution in [0.4, 0.5) is 0 Å². The summed E-state index contributed by atoms with van der Waals surface area (Å²) in [7, 11) is 0. The summed E-state index contributed by atoms with van der Waals surface area (Å²) in [5.74, 6) is -0.491. The molecule has 0 aliphatic rings. The first-order valence-corrected chi connectivity index (χ1v) is 4.58. The smallest absolute Gasteiger partial charge is 0.321 e. The van der Waals surface area contributed by atoms with Gasteiger partial charge in [0.15, 0.2) is 0 Å². The average molecular weight is 199 g/mol. The van der Waals surface area contributed by atoms with Crippen molar-refractivity contribution in [1.29, 1.82) is 0 Å². The van der Waals surface area contributed by atoms with Crippen molar-refractivity contribution in [3.63, 3.8) is 0 Å². The highest BCUT2D eigenvalue weighted by molar-refractivity contribution is 6.26. The highest BCUT2D eigenvalue weighted by atomic mass is 35.5. The van der Waals surface area contributed by atoms with Crippen LogP contribution >= 0.6 is 11.6 Å². The lowest BCUT2D eigenvalue weighted by Crippen LogP contribution is -2.09. The predicted molar refractivity (Wildman–Crippen MR) is 51.7 cm³/mol. The van der Waals surface area contributed by atoms with Crippen LogP contribution in [0.1, 0.15) is 18.6 Å². The summed E-state index contributed by atoms with van der Waals surface area (Å²) >= 11 is 5.31. The van der Waals surface area contributed by atoms with Gasteiger partial charge in [0.2, 0.25) is 0 Å². The van der Waals surface area contributed by atoms with Crippen LogP contribution in [0.15, 0.2) is 30.3 Å². The van der Waals surface area contributed by atoms with E-state index in [0.29, 0.717) is 0 Å². The number of ether oxygens (including phenoxy) is 1. The summed E-state index contributed by atoms with van der Waals surface area (Å²) in [6.07, 6.45) is -0.229. The topological polar surface area (TPSA) is 26.3 Å². The van der Waals surface area contributed by atoms with Gasteiger partial charge in [0.05, 0.1) is 0 Å². The van der Waals surface area contributed by atoms with E-state index in [1.54, 1.807) is 0 Å². The fourth-order valence-electron chi connectivity index (χ4n) is 1.02. The second kappa shape index (κ2) is 4.87. The molecule has 1 atom stereocenters. The minimum atomic E-state index is -0.391. The van der Waals surface area contributed by atoms with Crippen molar-refractivity contribution in [2.24, 2.45) is 0 Å². The Kier molecular flexibility index (Phi) is 3.77. The molecule has 0 fully saturated rings. The van der Waals surface area contributed by atoms with Crippen LogP contribution in [-0.4, -0.2) is 11.8 Å². The molecule has 0 saturated heterocycles. The monoisotopic (exact) mass is 198 g/mol. The maximum Gasteiger partial charge on any atom is 0.321 e. The van der Waals surface area contributed by atoms with Gasteiger partial charge in [-0.05, 0) is 12.5 Å². The Bertz CT molecular complexity index is 272. The van der Waals surface area contributed by atoms with Crippen LogP contribution in [0.25, 0.3) is 0 Å². The van der Waals surface area contributed by atoms with Crippen LogP contribution in [0, 0.1) is 0 Å². The largest absolute Gasteiger partial charge is 0.457 e. The number of rotatable bonds is 3. The van der Waals surface area contributed by atoms with Crippen LogP contribution in [-0.2, 0) is 9.53 Å². The molecule has 0 N–H and O–H groups in total. The second-order valence-electron chi connectivity index (χ2n) is 2.68. The number of alkyl halides is 1. The van der Waals surface area contributed by atoms with Gasteiger partial charge in [-0.25, -0.2) is 0 Å². The highest BCUT2D eigenvalue weighted by Gasteiger charge is 2.09. The third-order valence-electron chi connectivity index (χ3n) is 1.69. The van der Waals surface area contributed by atoms with Gasteiger partial charge in [-0.15, -0.1) is 11.6 Å². The summed E-state index contributed by atoms with van der Waals surface area (Å²) in [6.45, 7) is 1.82. The lowest BCUT2D eigenvalue weighted by Gasteiger charge is -2.11. The molecule has 0 unspecified atom stereocenters. The van der Waals surface area contributed by atoms with Crippen molar-refractivity contribution in [3.8, 4) is 0 Å². The van der Waals surface area contributed by atoms with Crippen molar-refractivity contribution in [1.82, 2.24) is 0 Å². The molecule has 0 radical (unpaired) electrons. The molecule has 3 heteroatoms. The molecule has 0 amide bonds. The molecule has 0 aromatic heterocycles. The molecular weight excluding hydrogens is 188 g/mol. The van der Waals surface area contributed by atoms with E-state index in [0.717, 1.165) is 5.56 Å². The zero-order valence-corrected chi connectivity index (χ0v) is 8.12. The summed E-state index contributed by atoms with van der Waals surface area (Å²) in [6, 6.07) is 9.54. The number of halogens is 1. The maximum atomic E-state index is 10.8. The number of carbonyl (C=O) groups is 1. The van der Waals surface area contributed by atoms with E-state index in [2.05, 4.69) is 0 Å². The molecule has 0 saturated carbocycles. The Balaban J connectivity index is 2.59. The van der Waals surface area contributed by atoms with Crippen LogP contribution in [0.3, 0.4) is 0 Å². The Hall–Kier alpha value is -1.02. The van der Waals surface area contributed by atoms with E-state index in [1.807, 2.05) is 37.3 Å². The standard InChI is InChI=1S/C10H11ClO2/c1-8(13-10(12)7-11)9-5-3-2-4-6-9/h2-6,8H,7H2,1H3/t8-/m1/s1. The molecule has 0 aliphatic carbocycles. The third-order valence-corrected chi connectivity index (χ3v) is 1.90. The first-order chi connectivity index (χ1) is 6.24. The van der Waals surface area contributed by atoms with E-state index in [9.17, 15) is 4.79 Å². The molecule has 1 aromatic rings. The molecule has 1 aromatic carbocycles. The number of esters is 1. The first-order valence-electron chi connectivity index (χ1n) is 4.04. The molecule has 0 spiro atoms. The van der Waals surface area contributed by atoms with Crippen LogP contribution in [0.2, 0.25) is 0 Å². The number of hydrogen-bond acceptors (Lipinski definition) is 2. The van der Waals surface area contributed by atoms with E-state index in [-0.39, 0.29) is 12.0 Å². The van der Waals surface area contributed by atoms with E-state index in [1.165, 1.54) is 0 Å². The van der Waals surface area contributed by atoms with Crippen molar-refractivity contribution < 1.29 is 9.53 Å². The molecule has 1 rings (SSSR count). The SMILES string of the molecule is C[C@@H](OC(=O)CCl)c1ccccc1. The van der Waals surface area contributed by atoms with Crippen LogP contribution < -0.4 is 0 Å². The lowest BCUT2D eigenvalue weighted by atomic mass is 10.1. The Morgan fingerprint density at radius 1 is 1.46 bits per heavy atom. The highest BCUT2D eigenvalue weighted by Crippen LogP contribution is 2.15. The van der Waals surface area contributed by atoms with Crippen LogP contribution in [0.5, 0.6) is 0 Å². The summed E-state index contributed by atoms with van der Waals surface area (Å²) in [5, 5.41) is 0. The third kappa shape index (κ3) is 3.07. The molecular formula is C10H11ClO2. The van der Waals surface area contributed by atoms with E-state index >= 15 is 0 Å². The fourth-order valence-corrected chi connectivity index (χ4v) is 1.08.